The molecule has 0 amide bonds. The van der Waals surface area contributed by atoms with Gasteiger partial charge in [-0.1, -0.05) is 183 Å². The smallest absolute Gasteiger partial charge is 0.137 e. The van der Waals surface area contributed by atoms with Gasteiger partial charge in [-0.05, 0) is 108 Å². The Morgan fingerprint density at radius 2 is 1.10 bits per heavy atom. The van der Waals surface area contributed by atoms with Crippen LogP contribution in [0.3, 0.4) is 0 Å². The first-order chi connectivity index (χ1) is 28.3. The van der Waals surface area contributed by atoms with Gasteiger partial charge in [0.1, 0.15) is 11.2 Å². The predicted octanol–water partition coefficient (Wildman–Crippen LogP) is 16.4. The molecule has 1 aromatic heterocycles. The zero-order chi connectivity index (χ0) is 40.8. The Morgan fingerprint density at radius 3 is 1.92 bits per heavy atom. The maximum absolute atomic E-state index is 6.55. The van der Waals surface area contributed by atoms with E-state index in [-0.39, 0.29) is 16.2 Å². The predicted molar refractivity (Wildman–Crippen MR) is 252 cm³/mol. The molecular weight excluding hydrogens is 715 g/mol. The van der Waals surface area contributed by atoms with Crippen molar-refractivity contribution in [2.75, 3.05) is 4.90 Å². The first kappa shape index (κ1) is 36.9. The quantitative estimate of drug-likeness (QED) is 0.173. The highest BCUT2D eigenvalue weighted by atomic mass is 16.3. The van der Waals surface area contributed by atoms with Crippen LogP contribution >= 0.6 is 0 Å². The molecule has 2 nitrogen and oxygen atoms in total. The summed E-state index contributed by atoms with van der Waals surface area (Å²) in [6.07, 6.45) is 0. The monoisotopic (exact) mass is 765 g/mol. The van der Waals surface area contributed by atoms with E-state index in [0.29, 0.717) is 0 Å². The summed E-state index contributed by atoms with van der Waals surface area (Å²) in [6.45, 7) is 19.0. The van der Waals surface area contributed by atoms with E-state index in [1.165, 1.54) is 66.4 Å². The Balaban J connectivity index is 1.27. The molecule has 59 heavy (non-hydrogen) atoms. The van der Waals surface area contributed by atoms with Crippen molar-refractivity contribution in [3.05, 3.63) is 186 Å². The number of hydrogen-bond donors (Lipinski definition) is 0. The minimum absolute atomic E-state index is 0.0225. The van der Waals surface area contributed by atoms with Crippen molar-refractivity contribution in [3.63, 3.8) is 0 Å². The van der Waals surface area contributed by atoms with Gasteiger partial charge in [0.2, 0.25) is 0 Å². The van der Waals surface area contributed by atoms with Gasteiger partial charge in [0.25, 0.3) is 0 Å². The molecule has 10 rings (SSSR count). The highest BCUT2D eigenvalue weighted by molar-refractivity contribution is 6.14. The summed E-state index contributed by atoms with van der Waals surface area (Å²) < 4.78 is 6.55. The fourth-order valence-corrected chi connectivity index (χ4v) is 9.68. The molecule has 290 valence electrons. The number of rotatable bonds is 5. The molecule has 9 aromatic rings. The zero-order valence-electron chi connectivity index (χ0n) is 35.4. The minimum atomic E-state index is -0.176. The Hall–Kier alpha value is -6.38. The molecule has 8 aromatic carbocycles. The lowest BCUT2D eigenvalue weighted by Gasteiger charge is -2.31. The van der Waals surface area contributed by atoms with Crippen LogP contribution in [0.2, 0.25) is 0 Å². The summed E-state index contributed by atoms with van der Waals surface area (Å²) in [7, 11) is 0. The van der Waals surface area contributed by atoms with Gasteiger partial charge in [-0.3, -0.25) is 0 Å². The van der Waals surface area contributed by atoms with Gasteiger partial charge in [-0.15, -0.1) is 0 Å². The van der Waals surface area contributed by atoms with E-state index < -0.39 is 0 Å². The van der Waals surface area contributed by atoms with Crippen molar-refractivity contribution < 1.29 is 4.42 Å². The van der Waals surface area contributed by atoms with Gasteiger partial charge in [0.15, 0.2) is 0 Å². The van der Waals surface area contributed by atoms with Crippen molar-refractivity contribution in [3.8, 4) is 33.4 Å². The number of furan rings is 1. The average molecular weight is 766 g/mol. The lowest BCUT2D eigenvalue weighted by molar-refractivity contribution is 0.564. The van der Waals surface area contributed by atoms with Gasteiger partial charge in [0, 0.05) is 22.1 Å². The topological polar surface area (TPSA) is 16.4 Å². The van der Waals surface area contributed by atoms with E-state index in [2.05, 4.69) is 224 Å². The van der Waals surface area contributed by atoms with Gasteiger partial charge in [0.05, 0.1) is 16.8 Å². The molecule has 0 aliphatic heterocycles. The number of benzene rings is 8. The van der Waals surface area contributed by atoms with Crippen molar-refractivity contribution in [2.45, 2.75) is 71.6 Å². The van der Waals surface area contributed by atoms with Crippen LogP contribution in [0.5, 0.6) is 0 Å². The molecule has 0 saturated heterocycles. The summed E-state index contributed by atoms with van der Waals surface area (Å²) in [6, 6.07) is 60.3. The molecular formula is C57H51NO. The molecule has 0 unspecified atom stereocenters. The van der Waals surface area contributed by atoms with Crippen LogP contribution < -0.4 is 4.90 Å². The summed E-state index contributed by atoms with van der Waals surface area (Å²) in [5.41, 5.74) is 18.0. The third-order valence-corrected chi connectivity index (χ3v) is 12.7. The largest absolute Gasteiger partial charge is 0.456 e. The van der Waals surface area contributed by atoms with Gasteiger partial charge < -0.3 is 9.32 Å². The normalized spacial score (nSPS) is 13.6. The first-order valence-electron chi connectivity index (χ1n) is 21.0. The highest BCUT2D eigenvalue weighted by Crippen LogP contribution is 2.57. The van der Waals surface area contributed by atoms with Crippen LogP contribution in [-0.2, 0) is 16.2 Å². The van der Waals surface area contributed by atoms with E-state index in [4.69, 9.17) is 4.42 Å². The van der Waals surface area contributed by atoms with E-state index in [1.807, 2.05) is 0 Å². The first-order valence-corrected chi connectivity index (χ1v) is 21.0. The lowest BCUT2D eigenvalue weighted by atomic mass is 9.74. The standard InChI is InChI=1S/C57H51NO/c1-55(2,3)38-34-46(56(4,5)6)54-47(35-38)57(7,8)45-28-17-27-43(52(45)54)42-24-11-13-29-48(42)58(49-30-18-32-51-53(49)44-25-12-14-31-50(44)59-51)39-22-15-21-37(33-39)41-26-16-20-36-19-9-10-23-40(36)41/h9-35H,1-8H3. The molecule has 0 fully saturated rings. The van der Waals surface area contributed by atoms with Crippen LogP contribution in [0.1, 0.15) is 77.6 Å². The van der Waals surface area contributed by atoms with E-state index in [9.17, 15) is 0 Å². The lowest BCUT2D eigenvalue weighted by Crippen LogP contribution is -2.21. The van der Waals surface area contributed by atoms with Crippen LogP contribution in [0.4, 0.5) is 17.1 Å². The minimum Gasteiger partial charge on any atom is -0.456 e. The Morgan fingerprint density at radius 1 is 0.475 bits per heavy atom. The van der Waals surface area contributed by atoms with Crippen molar-refractivity contribution >= 4 is 49.8 Å². The molecule has 0 spiro atoms. The van der Waals surface area contributed by atoms with Crippen molar-refractivity contribution in [1.29, 1.82) is 0 Å². The summed E-state index contributed by atoms with van der Waals surface area (Å²) in [5, 5.41) is 4.68. The van der Waals surface area contributed by atoms with E-state index >= 15 is 0 Å². The molecule has 0 bridgehead atoms. The zero-order valence-corrected chi connectivity index (χ0v) is 35.4. The Labute approximate surface area is 348 Å². The van der Waals surface area contributed by atoms with Crippen LogP contribution in [-0.4, -0.2) is 0 Å². The van der Waals surface area contributed by atoms with Crippen LogP contribution in [0.15, 0.2) is 168 Å². The number of nitrogens with zero attached hydrogens (tertiary/aromatic N) is 1. The van der Waals surface area contributed by atoms with Crippen LogP contribution in [0, 0.1) is 0 Å². The van der Waals surface area contributed by atoms with Gasteiger partial charge >= 0.3 is 0 Å². The third kappa shape index (κ3) is 5.91. The van der Waals surface area contributed by atoms with Crippen molar-refractivity contribution in [2.24, 2.45) is 0 Å². The molecule has 0 atom stereocenters. The SMILES string of the molecule is CC(C)(C)c1cc(C(C)(C)C)c2c(c1)C(C)(C)c1cccc(-c3ccccc3N(c3cccc(-c4cccc5ccccc45)c3)c3cccc4oc5ccccc5c34)c1-2. The molecule has 0 N–H and O–H groups in total. The second-order valence-corrected chi connectivity index (χ2v) is 19.0. The molecule has 2 heteroatoms. The number of hydrogen-bond acceptors (Lipinski definition) is 2. The fourth-order valence-electron chi connectivity index (χ4n) is 9.68. The number of para-hydroxylation sites is 2. The third-order valence-electron chi connectivity index (χ3n) is 12.7. The molecule has 0 saturated carbocycles. The Kier molecular flexibility index (Phi) is 8.34. The number of anilines is 3. The second kappa shape index (κ2) is 13.3. The highest BCUT2D eigenvalue weighted by Gasteiger charge is 2.41. The molecule has 1 aliphatic rings. The van der Waals surface area contributed by atoms with Crippen molar-refractivity contribution in [1.82, 2.24) is 0 Å². The van der Waals surface area contributed by atoms with E-state index in [1.54, 1.807) is 0 Å². The maximum Gasteiger partial charge on any atom is 0.137 e. The summed E-state index contributed by atoms with van der Waals surface area (Å²) in [4.78, 5) is 2.47. The summed E-state index contributed by atoms with van der Waals surface area (Å²) >= 11 is 0. The molecule has 1 aliphatic carbocycles. The average Bonchev–Trinajstić information content (AvgIpc) is 3.72. The molecule has 0 radical (unpaired) electrons. The summed E-state index contributed by atoms with van der Waals surface area (Å²) in [5.74, 6) is 0. The maximum atomic E-state index is 6.55. The van der Waals surface area contributed by atoms with Crippen LogP contribution in [0.25, 0.3) is 66.1 Å². The van der Waals surface area contributed by atoms with Gasteiger partial charge in [-0.25, -0.2) is 0 Å². The van der Waals surface area contributed by atoms with Gasteiger partial charge in [-0.2, -0.15) is 0 Å². The fraction of sp³-hybridized carbons (Fsp3) is 0.193. The number of fused-ring (bicyclic) bond motifs is 7. The molecule has 1 heterocycles. The second-order valence-electron chi connectivity index (χ2n) is 19.0. The Bertz CT molecular complexity index is 3100. The van der Waals surface area contributed by atoms with E-state index in [0.717, 1.165) is 39.0 Å².